The molecule has 2 unspecified atom stereocenters. The Bertz CT molecular complexity index is 542. The highest BCUT2D eigenvalue weighted by molar-refractivity contribution is 6.04. The molecule has 1 saturated heterocycles. The number of anilines is 1. The van der Waals surface area contributed by atoms with Crippen LogP contribution in [0.5, 0.6) is 0 Å². The van der Waals surface area contributed by atoms with Gasteiger partial charge in [-0.15, -0.1) is 0 Å². The van der Waals surface area contributed by atoms with E-state index in [1.807, 2.05) is 6.07 Å². The zero-order valence-corrected chi connectivity index (χ0v) is 12.7. The number of nitrogens with zero attached hydrogens (tertiary/aromatic N) is 2. The maximum absolute atomic E-state index is 12.7. The third-order valence-electron chi connectivity index (χ3n) is 4.16. The van der Waals surface area contributed by atoms with Gasteiger partial charge in [-0.25, -0.2) is 0 Å². The fraction of sp³-hybridized carbons (Fsp3) is 0.500. The first kappa shape index (κ1) is 15.5. The molecule has 2 rings (SSSR count). The van der Waals surface area contributed by atoms with E-state index in [0.717, 1.165) is 6.42 Å². The molecule has 114 valence electrons. The average molecular weight is 290 g/mol. The number of benzene rings is 1. The quantitative estimate of drug-likeness (QED) is 0.918. The van der Waals surface area contributed by atoms with Crippen LogP contribution in [0.4, 0.5) is 5.69 Å². The van der Waals surface area contributed by atoms with Crippen molar-refractivity contribution in [3.05, 3.63) is 29.8 Å². The van der Waals surface area contributed by atoms with E-state index in [2.05, 4.69) is 0 Å². The summed E-state index contributed by atoms with van der Waals surface area (Å²) in [5.74, 6) is -0.0629. The molecule has 5 heteroatoms. The van der Waals surface area contributed by atoms with E-state index < -0.39 is 6.10 Å². The van der Waals surface area contributed by atoms with Gasteiger partial charge in [0.2, 0.25) is 5.91 Å². The number of hydrogen-bond donors (Lipinski definition) is 1. The summed E-state index contributed by atoms with van der Waals surface area (Å²) < 4.78 is 0. The Labute approximate surface area is 125 Å². The van der Waals surface area contributed by atoms with E-state index in [1.54, 1.807) is 37.1 Å². The molecule has 2 atom stereocenters. The summed E-state index contributed by atoms with van der Waals surface area (Å²) in [6.07, 6.45) is 0.409. The Hall–Kier alpha value is -1.88. The van der Waals surface area contributed by atoms with E-state index in [1.165, 1.54) is 11.8 Å². The van der Waals surface area contributed by atoms with Crippen molar-refractivity contribution in [1.29, 1.82) is 0 Å². The predicted octanol–water partition coefficient (Wildman–Crippen LogP) is 1.51. The molecule has 0 aliphatic carbocycles. The van der Waals surface area contributed by atoms with E-state index in [4.69, 9.17) is 0 Å². The molecule has 0 saturated carbocycles. The average Bonchev–Trinajstić information content (AvgIpc) is 2.95. The first-order valence-corrected chi connectivity index (χ1v) is 7.22. The molecule has 1 aliphatic heterocycles. The topological polar surface area (TPSA) is 60.9 Å². The smallest absolute Gasteiger partial charge is 0.255 e. The van der Waals surface area contributed by atoms with Crippen LogP contribution in [0, 0.1) is 5.92 Å². The van der Waals surface area contributed by atoms with Gasteiger partial charge in [-0.05, 0) is 25.5 Å². The number of rotatable bonds is 3. The molecule has 21 heavy (non-hydrogen) atoms. The number of aliphatic hydroxyl groups is 1. The van der Waals surface area contributed by atoms with Crippen molar-refractivity contribution in [3.63, 3.8) is 0 Å². The van der Waals surface area contributed by atoms with Crippen molar-refractivity contribution in [2.24, 2.45) is 5.92 Å². The fourth-order valence-electron chi connectivity index (χ4n) is 2.65. The lowest BCUT2D eigenvalue weighted by Crippen LogP contribution is -2.32. The van der Waals surface area contributed by atoms with Crippen LogP contribution < -0.4 is 4.90 Å². The SMILES string of the molecule is CC(=O)N(C)c1ccccc1C(=O)N1CCC(C(C)O)C1. The third kappa shape index (κ3) is 3.24. The van der Waals surface area contributed by atoms with Gasteiger partial charge in [0.1, 0.15) is 0 Å². The Morgan fingerprint density at radius 1 is 1.38 bits per heavy atom. The van der Waals surface area contributed by atoms with Crippen molar-refractivity contribution in [1.82, 2.24) is 4.90 Å². The van der Waals surface area contributed by atoms with Crippen molar-refractivity contribution in [2.75, 3.05) is 25.0 Å². The second-order valence-corrected chi connectivity index (χ2v) is 5.64. The van der Waals surface area contributed by atoms with Gasteiger partial charge >= 0.3 is 0 Å². The van der Waals surface area contributed by atoms with Crippen LogP contribution in [-0.4, -0.2) is 48.1 Å². The summed E-state index contributed by atoms with van der Waals surface area (Å²) in [5, 5.41) is 9.65. The number of aliphatic hydroxyl groups excluding tert-OH is 1. The monoisotopic (exact) mass is 290 g/mol. The minimum Gasteiger partial charge on any atom is -0.393 e. The van der Waals surface area contributed by atoms with Gasteiger partial charge in [-0.1, -0.05) is 12.1 Å². The Morgan fingerprint density at radius 3 is 2.62 bits per heavy atom. The van der Waals surface area contributed by atoms with Crippen LogP contribution in [0.2, 0.25) is 0 Å². The molecule has 1 heterocycles. The number of likely N-dealkylation sites (tertiary alicyclic amines) is 1. The number of carbonyl (C=O) groups is 2. The van der Waals surface area contributed by atoms with Crippen LogP contribution in [-0.2, 0) is 4.79 Å². The lowest BCUT2D eigenvalue weighted by Gasteiger charge is -2.22. The molecular formula is C16H22N2O3. The highest BCUT2D eigenvalue weighted by atomic mass is 16.3. The van der Waals surface area contributed by atoms with Gasteiger partial charge in [0.15, 0.2) is 0 Å². The molecule has 0 radical (unpaired) electrons. The second kappa shape index (κ2) is 6.26. The van der Waals surface area contributed by atoms with Crippen LogP contribution >= 0.6 is 0 Å². The summed E-state index contributed by atoms with van der Waals surface area (Å²) in [4.78, 5) is 27.5. The first-order chi connectivity index (χ1) is 9.91. The Morgan fingerprint density at radius 2 is 2.05 bits per heavy atom. The number of para-hydroxylation sites is 1. The molecule has 2 amide bonds. The van der Waals surface area contributed by atoms with E-state index in [9.17, 15) is 14.7 Å². The Kier molecular flexibility index (Phi) is 4.63. The summed E-state index contributed by atoms with van der Waals surface area (Å²) in [6.45, 7) is 4.44. The Balaban J connectivity index is 2.23. The second-order valence-electron chi connectivity index (χ2n) is 5.64. The summed E-state index contributed by atoms with van der Waals surface area (Å²) in [7, 11) is 1.66. The minimum atomic E-state index is -0.405. The number of carbonyl (C=O) groups excluding carboxylic acids is 2. The molecule has 0 aromatic heterocycles. The van der Waals surface area contributed by atoms with Gasteiger partial charge in [-0.3, -0.25) is 9.59 Å². The van der Waals surface area contributed by atoms with Crippen molar-refractivity contribution >= 4 is 17.5 Å². The molecule has 1 aromatic carbocycles. The molecule has 5 nitrogen and oxygen atoms in total. The van der Waals surface area contributed by atoms with Crippen LogP contribution in [0.3, 0.4) is 0 Å². The predicted molar refractivity (Wildman–Crippen MR) is 81.2 cm³/mol. The highest BCUT2D eigenvalue weighted by Crippen LogP contribution is 2.25. The van der Waals surface area contributed by atoms with Crippen molar-refractivity contribution in [3.8, 4) is 0 Å². The van der Waals surface area contributed by atoms with Gasteiger partial charge in [0, 0.05) is 33.0 Å². The van der Waals surface area contributed by atoms with Gasteiger partial charge in [0.05, 0.1) is 17.4 Å². The van der Waals surface area contributed by atoms with Crippen LogP contribution in [0.1, 0.15) is 30.6 Å². The van der Waals surface area contributed by atoms with E-state index in [0.29, 0.717) is 24.3 Å². The zero-order chi connectivity index (χ0) is 15.6. The third-order valence-corrected chi connectivity index (χ3v) is 4.16. The number of amides is 2. The van der Waals surface area contributed by atoms with Gasteiger partial charge in [0.25, 0.3) is 5.91 Å². The molecule has 0 spiro atoms. The largest absolute Gasteiger partial charge is 0.393 e. The molecule has 1 fully saturated rings. The normalized spacial score (nSPS) is 19.4. The van der Waals surface area contributed by atoms with Crippen molar-refractivity contribution < 1.29 is 14.7 Å². The highest BCUT2D eigenvalue weighted by Gasteiger charge is 2.30. The first-order valence-electron chi connectivity index (χ1n) is 7.22. The summed E-state index contributed by atoms with van der Waals surface area (Å²) in [6, 6.07) is 7.13. The molecule has 1 aromatic rings. The summed E-state index contributed by atoms with van der Waals surface area (Å²) >= 11 is 0. The maximum atomic E-state index is 12.7. The van der Waals surface area contributed by atoms with Crippen molar-refractivity contribution in [2.45, 2.75) is 26.4 Å². The lowest BCUT2D eigenvalue weighted by molar-refractivity contribution is -0.116. The maximum Gasteiger partial charge on any atom is 0.255 e. The number of hydrogen-bond acceptors (Lipinski definition) is 3. The van der Waals surface area contributed by atoms with E-state index >= 15 is 0 Å². The summed E-state index contributed by atoms with van der Waals surface area (Å²) in [5.41, 5.74) is 1.15. The van der Waals surface area contributed by atoms with Gasteiger partial charge < -0.3 is 14.9 Å². The molecular weight excluding hydrogens is 268 g/mol. The fourth-order valence-corrected chi connectivity index (χ4v) is 2.65. The standard InChI is InChI=1S/C16H22N2O3/c1-11(19)13-8-9-18(10-13)16(21)14-6-4-5-7-15(14)17(3)12(2)20/h4-7,11,13,19H,8-10H2,1-3H3. The minimum absolute atomic E-state index is 0.0816. The zero-order valence-electron chi connectivity index (χ0n) is 12.7. The van der Waals surface area contributed by atoms with Crippen LogP contribution in [0.25, 0.3) is 0 Å². The molecule has 1 aliphatic rings. The molecule has 1 N–H and O–H groups in total. The van der Waals surface area contributed by atoms with E-state index in [-0.39, 0.29) is 17.7 Å². The molecule has 0 bridgehead atoms. The lowest BCUT2D eigenvalue weighted by atomic mass is 10.0. The van der Waals surface area contributed by atoms with Gasteiger partial charge in [-0.2, -0.15) is 0 Å². The van der Waals surface area contributed by atoms with Crippen LogP contribution in [0.15, 0.2) is 24.3 Å².